The second-order valence-corrected chi connectivity index (χ2v) is 11.4. The number of nitrogens with zero attached hydrogens (tertiary/aromatic N) is 3. The maximum Gasteiger partial charge on any atom is 0.164 e. The van der Waals surface area contributed by atoms with Gasteiger partial charge in [0, 0.05) is 26.7 Å². The molecule has 186 valence electrons. The molecule has 0 fully saturated rings. The van der Waals surface area contributed by atoms with Gasteiger partial charge in [0.15, 0.2) is 5.82 Å². The molecule has 0 bridgehead atoms. The summed E-state index contributed by atoms with van der Waals surface area (Å²) in [6, 6.07) is 40.1. The van der Waals surface area contributed by atoms with Crippen molar-refractivity contribution < 1.29 is 0 Å². The minimum atomic E-state index is 0.0714. The SMILES string of the molecule is CC(C)(C)c1ccc(-n2c(-c3ccc4cc(Br)ccc4n3)nc(-c3ccccc3)c2-c2ccccc2)cc1. The normalized spacial score (nSPS) is 11.7. The summed E-state index contributed by atoms with van der Waals surface area (Å²) in [6.07, 6.45) is 0. The fraction of sp³-hybridized carbons (Fsp3) is 0.118. The maximum absolute atomic E-state index is 5.29. The molecule has 0 amide bonds. The molecule has 0 radical (unpaired) electrons. The van der Waals surface area contributed by atoms with Crippen LogP contribution in [0.4, 0.5) is 0 Å². The minimum Gasteiger partial charge on any atom is -0.290 e. The fourth-order valence-corrected chi connectivity index (χ4v) is 5.21. The largest absolute Gasteiger partial charge is 0.290 e. The predicted octanol–water partition coefficient (Wildman–Crippen LogP) is 9.48. The van der Waals surface area contributed by atoms with Crippen molar-refractivity contribution in [1.29, 1.82) is 0 Å². The standard InChI is InChI=1S/C34H28BrN3/c1-34(2,3)26-15-18-28(19-16-26)38-32(24-12-8-5-9-13-24)31(23-10-6-4-7-11-23)37-33(38)30-20-14-25-22-27(35)17-21-29(25)36-30/h4-22H,1-3H3. The first kappa shape index (κ1) is 24.3. The van der Waals surface area contributed by atoms with Crippen molar-refractivity contribution >= 4 is 26.8 Å². The lowest BCUT2D eigenvalue weighted by atomic mass is 9.87. The van der Waals surface area contributed by atoms with Gasteiger partial charge in [-0.15, -0.1) is 0 Å². The van der Waals surface area contributed by atoms with E-state index < -0.39 is 0 Å². The number of fused-ring (bicyclic) bond motifs is 1. The van der Waals surface area contributed by atoms with E-state index in [1.807, 2.05) is 18.2 Å². The Hall–Kier alpha value is -4.02. The summed E-state index contributed by atoms with van der Waals surface area (Å²) in [6.45, 7) is 6.72. The first-order chi connectivity index (χ1) is 18.4. The molecule has 2 heterocycles. The van der Waals surface area contributed by atoms with Crippen molar-refractivity contribution in [2.75, 3.05) is 0 Å². The van der Waals surface area contributed by atoms with E-state index in [2.05, 4.69) is 138 Å². The van der Waals surface area contributed by atoms with Gasteiger partial charge in [-0.2, -0.15) is 0 Å². The number of halogens is 1. The Labute approximate surface area is 232 Å². The van der Waals surface area contributed by atoms with Crippen LogP contribution in [0, 0.1) is 0 Å². The maximum atomic E-state index is 5.29. The molecular weight excluding hydrogens is 530 g/mol. The van der Waals surface area contributed by atoms with Crippen LogP contribution in [0.15, 0.2) is 120 Å². The first-order valence-corrected chi connectivity index (χ1v) is 13.6. The lowest BCUT2D eigenvalue weighted by molar-refractivity contribution is 0.590. The van der Waals surface area contributed by atoms with Gasteiger partial charge in [-0.3, -0.25) is 4.57 Å². The Morgan fingerprint density at radius 3 is 1.97 bits per heavy atom. The Bertz CT molecular complexity index is 1730. The Balaban J connectivity index is 1.67. The van der Waals surface area contributed by atoms with Crippen LogP contribution in [0.3, 0.4) is 0 Å². The summed E-state index contributed by atoms with van der Waals surface area (Å²) < 4.78 is 3.30. The zero-order valence-electron chi connectivity index (χ0n) is 21.7. The van der Waals surface area contributed by atoms with E-state index in [1.54, 1.807) is 0 Å². The second-order valence-electron chi connectivity index (χ2n) is 10.5. The third kappa shape index (κ3) is 4.57. The highest BCUT2D eigenvalue weighted by Gasteiger charge is 2.24. The average molecular weight is 559 g/mol. The molecule has 6 aromatic rings. The van der Waals surface area contributed by atoms with Crippen LogP contribution in [0.2, 0.25) is 0 Å². The van der Waals surface area contributed by atoms with Crippen LogP contribution < -0.4 is 0 Å². The van der Waals surface area contributed by atoms with Crippen molar-refractivity contribution in [2.24, 2.45) is 0 Å². The van der Waals surface area contributed by atoms with Crippen molar-refractivity contribution in [3.8, 4) is 39.7 Å². The zero-order chi connectivity index (χ0) is 26.3. The summed E-state index contributed by atoms with van der Waals surface area (Å²) in [5, 5.41) is 1.09. The Morgan fingerprint density at radius 2 is 1.32 bits per heavy atom. The van der Waals surface area contributed by atoms with Crippen molar-refractivity contribution in [2.45, 2.75) is 26.2 Å². The van der Waals surface area contributed by atoms with Crippen LogP contribution in [0.5, 0.6) is 0 Å². The molecule has 0 N–H and O–H groups in total. The van der Waals surface area contributed by atoms with Crippen LogP contribution in [-0.2, 0) is 5.41 Å². The van der Waals surface area contributed by atoms with E-state index in [0.29, 0.717) is 0 Å². The number of rotatable bonds is 4. The van der Waals surface area contributed by atoms with Gasteiger partial charge in [0.05, 0.1) is 16.9 Å². The Kier molecular flexibility index (Phi) is 6.21. The summed E-state index contributed by atoms with van der Waals surface area (Å²) in [5.74, 6) is 0.816. The highest BCUT2D eigenvalue weighted by atomic mass is 79.9. The number of hydrogen-bond acceptors (Lipinski definition) is 2. The van der Waals surface area contributed by atoms with Gasteiger partial charge in [0.25, 0.3) is 0 Å². The summed E-state index contributed by atoms with van der Waals surface area (Å²) >= 11 is 3.58. The highest BCUT2D eigenvalue weighted by molar-refractivity contribution is 9.10. The van der Waals surface area contributed by atoms with Gasteiger partial charge in [0.1, 0.15) is 5.69 Å². The third-order valence-corrected chi connectivity index (χ3v) is 7.34. The smallest absolute Gasteiger partial charge is 0.164 e. The summed E-state index contributed by atoms with van der Waals surface area (Å²) in [7, 11) is 0. The van der Waals surface area contributed by atoms with E-state index in [0.717, 1.165) is 55.1 Å². The van der Waals surface area contributed by atoms with Gasteiger partial charge in [-0.1, -0.05) is 116 Å². The molecule has 2 aromatic heterocycles. The average Bonchev–Trinajstić information content (AvgIpc) is 3.34. The molecule has 0 aliphatic carbocycles. The van der Waals surface area contributed by atoms with E-state index in [9.17, 15) is 0 Å². The molecule has 4 heteroatoms. The molecule has 0 saturated carbocycles. The fourth-order valence-electron chi connectivity index (χ4n) is 4.83. The van der Waals surface area contributed by atoms with Gasteiger partial charge < -0.3 is 0 Å². The first-order valence-electron chi connectivity index (χ1n) is 12.8. The van der Waals surface area contributed by atoms with Crippen LogP contribution in [-0.4, -0.2) is 14.5 Å². The topological polar surface area (TPSA) is 30.7 Å². The van der Waals surface area contributed by atoms with Gasteiger partial charge in [-0.05, 0) is 47.4 Å². The second kappa shape index (κ2) is 9.70. The molecule has 4 aromatic carbocycles. The van der Waals surface area contributed by atoms with Gasteiger partial charge in [0.2, 0.25) is 0 Å². The predicted molar refractivity (Wildman–Crippen MR) is 162 cm³/mol. The van der Waals surface area contributed by atoms with Crippen molar-refractivity contribution in [3.05, 3.63) is 125 Å². The molecule has 0 aliphatic rings. The number of pyridine rings is 1. The lowest BCUT2D eigenvalue weighted by Gasteiger charge is -2.20. The molecule has 0 spiro atoms. The quantitative estimate of drug-likeness (QED) is 0.216. The number of aromatic nitrogens is 3. The molecule has 0 atom stereocenters. The van der Waals surface area contributed by atoms with E-state index >= 15 is 0 Å². The van der Waals surface area contributed by atoms with Crippen LogP contribution in [0.25, 0.3) is 50.6 Å². The summed E-state index contributed by atoms with van der Waals surface area (Å²) in [5.41, 5.74) is 8.35. The molecule has 3 nitrogen and oxygen atoms in total. The number of benzene rings is 4. The van der Waals surface area contributed by atoms with Gasteiger partial charge >= 0.3 is 0 Å². The van der Waals surface area contributed by atoms with Crippen LogP contribution in [0.1, 0.15) is 26.3 Å². The van der Waals surface area contributed by atoms with Crippen molar-refractivity contribution in [3.63, 3.8) is 0 Å². The van der Waals surface area contributed by atoms with Crippen molar-refractivity contribution in [1.82, 2.24) is 14.5 Å². The van der Waals surface area contributed by atoms with Gasteiger partial charge in [-0.25, -0.2) is 9.97 Å². The minimum absolute atomic E-state index is 0.0714. The van der Waals surface area contributed by atoms with Crippen LogP contribution >= 0.6 is 15.9 Å². The zero-order valence-corrected chi connectivity index (χ0v) is 23.3. The highest BCUT2D eigenvalue weighted by Crippen LogP contribution is 2.39. The van der Waals surface area contributed by atoms with E-state index in [-0.39, 0.29) is 5.41 Å². The molecule has 6 rings (SSSR count). The third-order valence-electron chi connectivity index (χ3n) is 6.84. The molecular formula is C34H28BrN3. The Morgan fingerprint density at radius 1 is 0.658 bits per heavy atom. The van der Waals surface area contributed by atoms with E-state index in [1.165, 1.54) is 5.56 Å². The molecule has 0 saturated heterocycles. The monoisotopic (exact) mass is 557 g/mol. The lowest BCUT2D eigenvalue weighted by Crippen LogP contribution is -2.11. The molecule has 0 aliphatic heterocycles. The van der Waals surface area contributed by atoms with E-state index in [4.69, 9.17) is 9.97 Å². The molecule has 0 unspecified atom stereocenters. The number of hydrogen-bond donors (Lipinski definition) is 0. The molecule has 38 heavy (non-hydrogen) atoms. The number of imidazole rings is 1. The summed E-state index contributed by atoms with van der Waals surface area (Å²) in [4.78, 5) is 10.4.